The summed E-state index contributed by atoms with van der Waals surface area (Å²) in [6.07, 6.45) is 37.6. The first-order valence-electron chi connectivity index (χ1n) is 26.0. The molecule has 0 aliphatic carbocycles. The maximum Gasteiger partial charge on any atom is 0.224 e. The standard InChI is InChI=1S/C55H91NO13/c1-3-5-7-9-11-13-15-17-19-20-21-22-23-25-26-28-30-32-34-36-38-44(59)43(56-47(60)39-37-35-33-31-29-27-24-18-16-14-12-10-8-6-4-2)42-66-54-52(65)50(63)53(46(41-58)68-54)69-55-51(64)49(62)48(61)45(40-57)67-55/h6,8,12,14,18,22-24,28-31,35-38,43-46,48-55,57-59,61-65H,3-5,7,9-11,13,15-17,19-21,25-27,32-34,39-42H2,1-2H3,(H,56,60)/b8-6-,14-12-,23-22+,24-18-,30-28+,31-29-,37-35-,38-36+. The molecule has 1 amide bonds. The van der Waals surface area contributed by atoms with Gasteiger partial charge in [-0.2, -0.15) is 0 Å². The fourth-order valence-electron chi connectivity index (χ4n) is 7.80. The van der Waals surface area contributed by atoms with Crippen molar-refractivity contribution in [1.82, 2.24) is 5.32 Å². The largest absolute Gasteiger partial charge is 0.394 e. The Morgan fingerprint density at radius 2 is 1.01 bits per heavy atom. The lowest BCUT2D eigenvalue weighted by Crippen LogP contribution is -2.65. The van der Waals surface area contributed by atoms with Crippen LogP contribution < -0.4 is 5.32 Å². The van der Waals surface area contributed by atoms with Gasteiger partial charge in [0.15, 0.2) is 12.6 Å². The number of nitrogens with one attached hydrogen (secondary N) is 1. The monoisotopic (exact) mass is 974 g/mol. The van der Waals surface area contributed by atoms with Gasteiger partial charge >= 0.3 is 0 Å². The summed E-state index contributed by atoms with van der Waals surface area (Å²) in [5.41, 5.74) is 0. The molecule has 0 aromatic carbocycles. The van der Waals surface area contributed by atoms with Gasteiger partial charge in [-0.15, -0.1) is 0 Å². The summed E-state index contributed by atoms with van der Waals surface area (Å²) < 4.78 is 22.6. The number of ether oxygens (including phenoxy) is 4. The molecular formula is C55H91NO13. The molecule has 0 saturated carbocycles. The number of aliphatic hydroxyl groups is 8. The van der Waals surface area contributed by atoms with E-state index in [0.29, 0.717) is 12.8 Å². The molecule has 2 saturated heterocycles. The van der Waals surface area contributed by atoms with Gasteiger partial charge in [-0.05, 0) is 70.6 Å². The van der Waals surface area contributed by atoms with Crippen LogP contribution in [0.1, 0.15) is 149 Å². The highest BCUT2D eigenvalue weighted by Crippen LogP contribution is 2.30. The Labute approximate surface area is 413 Å². The van der Waals surface area contributed by atoms with Crippen molar-refractivity contribution in [1.29, 1.82) is 0 Å². The van der Waals surface area contributed by atoms with Crippen molar-refractivity contribution in [3.63, 3.8) is 0 Å². The van der Waals surface area contributed by atoms with Gasteiger partial charge in [0.05, 0.1) is 32.0 Å². The average Bonchev–Trinajstić information content (AvgIpc) is 3.35. The Hall–Kier alpha value is -3.09. The Morgan fingerprint density at radius 3 is 1.57 bits per heavy atom. The number of amides is 1. The molecule has 2 heterocycles. The van der Waals surface area contributed by atoms with Crippen LogP contribution in [-0.2, 0) is 23.7 Å². The van der Waals surface area contributed by atoms with E-state index < -0.39 is 86.8 Å². The molecule has 12 atom stereocenters. The second kappa shape index (κ2) is 40.5. The van der Waals surface area contributed by atoms with Crippen molar-refractivity contribution in [2.45, 2.75) is 222 Å². The molecule has 0 spiro atoms. The number of unbranched alkanes of at least 4 members (excludes halogenated alkanes) is 12. The molecule has 2 aliphatic heterocycles. The summed E-state index contributed by atoms with van der Waals surface area (Å²) in [6.45, 7) is 2.55. The van der Waals surface area contributed by atoms with Gasteiger partial charge in [0.1, 0.15) is 48.8 Å². The fraction of sp³-hybridized carbons (Fsp3) is 0.691. The van der Waals surface area contributed by atoms with E-state index >= 15 is 0 Å². The second-order valence-electron chi connectivity index (χ2n) is 17.9. The van der Waals surface area contributed by atoms with Gasteiger partial charge < -0.3 is 65.1 Å². The summed E-state index contributed by atoms with van der Waals surface area (Å²) in [4.78, 5) is 13.1. The van der Waals surface area contributed by atoms with Gasteiger partial charge in [-0.25, -0.2) is 0 Å². The van der Waals surface area contributed by atoms with Gasteiger partial charge in [-0.3, -0.25) is 4.79 Å². The van der Waals surface area contributed by atoms with Crippen LogP contribution in [0.4, 0.5) is 0 Å². The highest BCUT2D eigenvalue weighted by molar-refractivity contribution is 5.77. The van der Waals surface area contributed by atoms with E-state index in [1.165, 1.54) is 64.2 Å². The van der Waals surface area contributed by atoms with Crippen LogP contribution >= 0.6 is 0 Å². The normalized spacial score (nSPS) is 27.0. The zero-order valence-corrected chi connectivity index (χ0v) is 41.8. The second-order valence-corrected chi connectivity index (χ2v) is 17.9. The third kappa shape index (κ3) is 27.4. The van der Waals surface area contributed by atoms with Crippen LogP contribution in [0.25, 0.3) is 0 Å². The smallest absolute Gasteiger partial charge is 0.224 e. The predicted molar refractivity (Wildman–Crippen MR) is 272 cm³/mol. The Kier molecular flexibility index (Phi) is 36.4. The van der Waals surface area contributed by atoms with Crippen molar-refractivity contribution in [2.24, 2.45) is 0 Å². The molecule has 69 heavy (non-hydrogen) atoms. The number of carbonyl (C=O) groups excluding carboxylic acids is 1. The molecule has 14 nitrogen and oxygen atoms in total. The van der Waals surface area contributed by atoms with Gasteiger partial charge in [0.2, 0.25) is 5.91 Å². The highest BCUT2D eigenvalue weighted by Gasteiger charge is 2.51. The van der Waals surface area contributed by atoms with Crippen LogP contribution in [0.2, 0.25) is 0 Å². The maximum atomic E-state index is 13.1. The third-order valence-electron chi connectivity index (χ3n) is 12.0. The summed E-state index contributed by atoms with van der Waals surface area (Å²) in [5, 5.41) is 86.6. The molecule has 2 fully saturated rings. The minimum absolute atomic E-state index is 0.0323. The average molecular weight is 974 g/mol. The zero-order chi connectivity index (χ0) is 50.3. The van der Waals surface area contributed by atoms with Crippen molar-refractivity contribution in [2.75, 3.05) is 19.8 Å². The van der Waals surface area contributed by atoms with Crippen LogP contribution in [0.5, 0.6) is 0 Å². The number of allylic oxidation sites excluding steroid dienone is 14. The Balaban J connectivity index is 1.91. The lowest BCUT2D eigenvalue weighted by molar-refractivity contribution is -0.359. The minimum Gasteiger partial charge on any atom is -0.394 e. The van der Waals surface area contributed by atoms with E-state index in [2.05, 4.69) is 86.0 Å². The molecule has 2 aliphatic rings. The summed E-state index contributed by atoms with van der Waals surface area (Å²) in [5.74, 6) is -0.385. The van der Waals surface area contributed by atoms with Crippen LogP contribution in [-0.4, -0.2) is 140 Å². The fourth-order valence-corrected chi connectivity index (χ4v) is 7.80. The molecule has 12 unspecified atom stereocenters. The maximum absolute atomic E-state index is 13.1. The number of hydrogen-bond donors (Lipinski definition) is 9. The van der Waals surface area contributed by atoms with E-state index in [9.17, 15) is 45.6 Å². The first-order chi connectivity index (χ1) is 33.6. The van der Waals surface area contributed by atoms with E-state index in [0.717, 1.165) is 51.4 Å². The number of hydrogen-bond acceptors (Lipinski definition) is 13. The lowest BCUT2D eigenvalue weighted by Gasteiger charge is -2.46. The number of carbonyl (C=O) groups is 1. The van der Waals surface area contributed by atoms with Gasteiger partial charge in [0.25, 0.3) is 0 Å². The number of aliphatic hydroxyl groups excluding tert-OH is 8. The molecule has 0 radical (unpaired) electrons. The quantitative estimate of drug-likeness (QED) is 0.0222. The molecule has 394 valence electrons. The van der Waals surface area contributed by atoms with Crippen LogP contribution in [0, 0.1) is 0 Å². The van der Waals surface area contributed by atoms with E-state index in [-0.39, 0.29) is 18.9 Å². The van der Waals surface area contributed by atoms with Crippen molar-refractivity contribution in [3.05, 3.63) is 97.2 Å². The van der Waals surface area contributed by atoms with Crippen molar-refractivity contribution < 1.29 is 64.6 Å². The Bertz CT molecular complexity index is 1520. The van der Waals surface area contributed by atoms with Crippen molar-refractivity contribution >= 4 is 5.91 Å². The minimum atomic E-state index is -1.80. The van der Waals surface area contributed by atoms with Gasteiger partial charge in [0, 0.05) is 6.42 Å². The van der Waals surface area contributed by atoms with E-state index in [1.807, 2.05) is 18.2 Å². The third-order valence-corrected chi connectivity index (χ3v) is 12.0. The molecule has 2 rings (SSSR count). The van der Waals surface area contributed by atoms with E-state index in [4.69, 9.17) is 18.9 Å². The lowest BCUT2D eigenvalue weighted by atomic mass is 9.97. The molecule has 0 bridgehead atoms. The summed E-state index contributed by atoms with van der Waals surface area (Å²) in [7, 11) is 0. The predicted octanol–water partition coefficient (Wildman–Crippen LogP) is 7.15. The first-order valence-corrected chi connectivity index (χ1v) is 26.0. The highest BCUT2D eigenvalue weighted by atomic mass is 16.7. The zero-order valence-electron chi connectivity index (χ0n) is 41.8. The SMILES string of the molecule is CC/C=C\C/C=C\C/C=C\C/C=C\C/C=C\CC(=O)NC(COC1OC(CO)C(OC2OC(CO)C(O)C(O)C2O)C(O)C1O)C(O)/C=C/CC/C=C/CC/C=C/CCCCCCCCCCCC. The molecular weight excluding hydrogens is 883 g/mol. The van der Waals surface area contributed by atoms with Gasteiger partial charge in [-0.1, -0.05) is 169 Å². The van der Waals surface area contributed by atoms with E-state index in [1.54, 1.807) is 12.2 Å². The molecule has 0 aromatic heterocycles. The molecule has 0 aromatic rings. The topological polar surface area (TPSA) is 228 Å². The first kappa shape index (κ1) is 62.0. The molecule has 14 heteroatoms. The van der Waals surface area contributed by atoms with Crippen molar-refractivity contribution in [3.8, 4) is 0 Å². The van der Waals surface area contributed by atoms with Crippen LogP contribution in [0.3, 0.4) is 0 Å². The number of rotatable bonds is 38. The summed E-state index contributed by atoms with van der Waals surface area (Å²) >= 11 is 0. The van der Waals surface area contributed by atoms with Crippen LogP contribution in [0.15, 0.2) is 97.2 Å². The molecule has 9 N–H and O–H groups in total. The summed E-state index contributed by atoms with van der Waals surface area (Å²) in [6, 6.07) is -0.997. The Morgan fingerprint density at radius 1 is 0.536 bits per heavy atom.